The second-order valence-electron chi connectivity index (χ2n) is 6.30. The Morgan fingerprint density at radius 2 is 1.53 bits per heavy atom. The number of pyridine rings is 1. The Kier molecular flexibility index (Phi) is 6.92. The van der Waals surface area contributed by atoms with Crippen molar-refractivity contribution in [2.24, 2.45) is 0 Å². The van der Waals surface area contributed by atoms with E-state index in [2.05, 4.69) is 4.98 Å². The Labute approximate surface area is 188 Å². The number of amides is 1. The van der Waals surface area contributed by atoms with Gasteiger partial charge in [0.25, 0.3) is 5.91 Å². The van der Waals surface area contributed by atoms with E-state index in [-0.39, 0.29) is 38.1 Å². The monoisotopic (exact) mass is 400 g/mol. The number of aliphatic carboxylic acids is 1. The Morgan fingerprint density at radius 3 is 2.03 bits per heavy atom. The third-order valence-electron chi connectivity index (χ3n) is 4.09. The fourth-order valence-corrected chi connectivity index (χ4v) is 2.96. The molecule has 0 unspecified atom stereocenters. The summed E-state index contributed by atoms with van der Waals surface area (Å²) >= 11 is 6.12. The van der Waals surface area contributed by atoms with Gasteiger partial charge >= 0.3 is 5.97 Å². The number of hydrogen-bond donors (Lipinski definition) is 3. The number of nitrogens with one attached hydrogen (secondary N) is 1. The van der Waals surface area contributed by atoms with E-state index in [0.29, 0.717) is 0 Å². The Balaban J connectivity index is 2.86. The standard InChI is InChI=1S/C15H5B8ClN2O4/c16-6-3(5(15(21,22)23)8(18)9(19)10(6)24)4-7(17)12(29)11(26-13(4)20)14(30)25-1-2(27)28/h29H,1H2,(H,25,30)(H,27,28). The van der Waals surface area contributed by atoms with E-state index >= 15 is 0 Å². The van der Waals surface area contributed by atoms with Gasteiger partial charge in [-0.2, -0.15) is 0 Å². The van der Waals surface area contributed by atoms with Crippen LogP contribution in [0.5, 0.6) is 5.75 Å². The number of aromatic hydroxyl groups is 1. The molecule has 0 aliphatic carbocycles. The van der Waals surface area contributed by atoms with Gasteiger partial charge in [-0.05, 0) is 22.2 Å². The van der Waals surface area contributed by atoms with E-state index in [4.69, 9.17) is 79.5 Å². The zero-order valence-corrected chi connectivity index (χ0v) is 16.1. The largest absolute Gasteiger partial charge is 0.506 e. The summed E-state index contributed by atoms with van der Waals surface area (Å²) in [5, 5.41) is 18.8. The molecule has 130 valence electrons. The van der Waals surface area contributed by atoms with Crippen LogP contribution in [-0.2, 0) is 9.91 Å². The van der Waals surface area contributed by atoms with Crippen molar-refractivity contribution in [3.63, 3.8) is 0 Å². The van der Waals surface area contributed by atoms with Gasteiger partial charge in [-0.1, -0.05) is 28.1 Å². The highest BCUT2D eigenvalue weighted by Gasteiger charge is 2.28. The molecule has 1 aromatic carbocycles. The Bertz CT molecular complexity index is 1070. The summed E-state index contributed by atoms with van der Waals surface area (Å²) in [5.41, 5.74) is -2.65. The summed E-state index contributed by atoms with van der Waals surface area (Å²) in [6.45, 7) is -0.737. The number of halogens is 1. The van der Waals surface area contributed by atoms with Crippen LogP contribution < -0.4 is 32.8 Å². The molecule has 2 rings (SSSR count). The quantitative estimate of drug-likeness (QED) is 0.436. The highest BCUT2D eigenvalue weighted by atomic mass is 35.5. The molecule has 2 aromatic rings. The normalized spacial score (nSPS) is 11.2. The molecule has 0 aliphatic heterocycles. The molecule has 0 atom stereocenters. The number of carboxylic acids is 1. The maximum atomic E-state index is 12.1. The highest BCUT2D eigenvalue weighted by Crippen LogP contribution is 2.27. The minimum absolute atomic E-state index is 0.144. The fraction of sp³-hybridized carbons (Fsp3) is 0.133. The van der Waals surface area contributed by atoms with Gasteiger partial charge in [-0.25, -0.2) is 0 Å². The van der Waals surface area contributed by atoms with Crippen molar-refractivity contribution in [3.05, 3.63) is 16.3 Å². The lowest BCUT2D eigenvalue weighted by molar-refractivity contribution is -0.135. The van der Waals surface area contributed by atoms with Crippen LogP contribution in [-0.4, -0.2) is 96.4 Å². The molecule has 6 nitrogen and oxygen atoms in total. The number of carbonyl (C=O) groups excluding carboxylic acids is 1. The number of rotatable bonds is 5. The third kappa shape index (κ3) is 4.34. The molecule has 30 heavy (non-hydrogen) atoms. The first-order valence-corrected chi connectivity index (χ1v) is 8.39. The number of benzene rings is 1. The average molecular weight is 399 g/mol. The van der Waals surface area contributed by atoms with Crippen molar-refractivity contribution >= 4 is 114 Å². The first-order chi connectivity index (χ1) is 13.7. The second-order valence-corrected chi connectivity index (χ2v) is 6.68. The van der Waals surface area contributed by atoms with Crippen LogP contribution in [0.4, 0.5) is 0 Å². The van der Waals surface area contributed by atoms with Crippen molar-refractivity contribution in [2.45, 2.75) is 5.11 Å². The van der Waals surface area contributed by atoms with Crippen molar-refractivity contribution < 1.29 is 19.8 Å². The predicted octanol–water partition coefficient (Wildman–Crippen LogP) is -5.49. The zero-order valence-electron chi connectivity index (χ0n) is 15.4. The molecule has 0 bridgehead atoms. The Hall–Kier alpha value is -2.08. The molecule has 0 saturated heterocycles. The number of nitrogens with zero attached hydrogens (tertiary/aromatic N) is 1. The molecular formula is C15H5B8ClN2O4. The average Bonchev–Trinajstić information content (AvgIpc) is 2.63. The lowest BCUT2D eigenvalue weighted by Crippen LogP contribution is -2.46. The fourth-order valence-electron chi connectivity index (χ4n) is 2.76. The minimum Gasteiger partial charge on any atom is -0.506 e. The molecule has 3 N–H and O–H groups in total. The smallest absolute Gasteiger partial charge is 0.322 e. The molecule has 0 fully saturated rings. The molecule has 0 saturated carbocycles. The summed E-state index contributed by atoms with van der Waals surface area (Å²) in [5.74, 6) is -3.20. The zero-order chi connectivity index (χ0) is 23.1. The lowest BCUT2D eigenvalue weighted by atomic mass is 9.37. The van der Waals surface area contributed by atoms with Gasteiger partial charge in [0, 0.05) is 5.02 Å². The molecule has 1 aromatic heterocycles. The molecule has 0 aliphatic rings. The van der Waals surface area contributed by atoms with Gasteiger partial charge in [0.05, 0.1) is 23.5 Å². The van der Waals surface area contributed by atoms with E-state index in [1.54, 1.807) is 0 Å². The number of carbonyl (C=O) groups is 2. The van der Waals surface area contributed by atoms with Gasteiger partial charge in [-0.15, -0.1) is 10.6 Å². The van der Waals surface area contributed by atoms with Gasteiger partial charge < -0.3 is 15.5 Å². The third-order valence-corrected chi connectivity index (χ3v) is 4.49. The number of carboxylic acid groups (broad SMARTS) is 1. The Morgan fingerprint density at radius 1 is 0.967 bits per heavy atom. The molecule has 16 radical (unpaired) electrons. The molecule has 15 heteroatoms. The maximum absolute atomic E-state index is 12.1. The van der Waals surface area contributed by atoms with E-state index in [9.17, 15) is 14.7 Å². The van der Waals surface area contributed by atoms with Gasteiger partial charge in [0.15, 0.2) is 5.69 Å². The summed E-state index contributed by atoms with van der Waals surface area (Å²) in [6, 6.07) is 0. The number of hydrogen-bond acceptors (Lipinski definition) is 4. The van der Waals surface area contributed by atoms with Crippen LogP contribution >= 0.6 is 11.6 Å². The van der Waals surface area contributed by atoms with Crippen LogP contribution in [0.2, 0.25) is 5.02 Å². The minimum atomic E-state index is -2.10. The van der Waals surface area contributed by atoms with Gasteiger partial charge in [-0.3, -0.25) is 14.6 Å². The first-order valence-electron chi connectivity index (χ1n) is 8.01. The topological polar surface area (TPSA) is 99.5 Å². The van der Waals surface area contributed by atoms with Crippen molar-refractivity contribution in [2.75, 3.05) is 6.54 Å². The van der Waals surface area contributed by atoms with Crippen LogP contribution in [0.3, 0.4) is 0 Å². The van der Waals surface area contributed by atoms with Crippen LogP contribution in [0.25, 0.3) is 11.1 Å². The van der Waals surface area contributed by atoms with Crippen LogP contribution in [0, 0.1) is 0 Å². The van der Waals surface area contributed by atoms with Crippen molar-refractivity contribution in [1.82, 2.24) is 10.3 Å². The summed E-state index contributed by atoms with van der Waals surface area (Å²) in [7, 11) is 47.2. The van der Waals surface area contributed by atoms with Gasteiger partial charge in [0.1, 0.15) is 51.5 Å². The SMILES string of the molecule is [B]c1nc(C(=O)NCC(=O)O)c(O)c([B])c1-c1c([B])c(Cl)c([B])c([B])c1C([B])([B])[B]. The molecule has 1 amide bonds. The van der Waals surface area contributed by atoms with Crippen LogP contribution in [0.1, 0.15) is 16.1 Å². The number of aromatic nitrogens is 1. The van der Waals surface area contributed by atoms with E-state index in [1.165, 1.54) is 0 Å². The van der Waals surface area contributed by atoms with E-state index in [0.717, 1.165) is 0 Å². The van der Waals surface area contributed by atoms with Crippen molar-refractivity contribution in [1.29, 1.82) is 0 Å². The van der Waals surface area contributed by atoms with Crippen LogP contribution in [0.15, 0.2) is 0 Å². The maximum Gasteiger partial charge on any atom is 0.322 e. The molecule has 1 heterocycles. The predicted molar refractivity (Wildman–Crippen MR) is 122 cm³/mol. The van der Waals surface area contributed by atoms with Crippen molar-refractivity contribution in [3.8, 4) is 16.9 Å². The highest BCUT2D eigenvalue weighted by molar-refractivity contribution is 6.65. The molecule has 0 spiro atoms. The summed E-state index contributed by atoms with van der Waals surface area (Å²) in [6.07, 6.45) is 0. The first kappa shape index (κ1) is 24.2. The molecular weight excluding hydrogens is 394 g/mol. The van der Waals surface area contributed by atoms with Gasteiger partial charge in [0.2, 0.25) is 0 Å². The second kappa shape index (κ2) is 8.58. The lowest BCUT2D eigenvalue weighted by Gasteiger charge is -2.33. The summed E-state index contributed by atoms with van der Waals surface area (Å²) < 4.78 is 0. The summed E-state index contributed by atoms with van der Waals surface area (Å²) in [4.78, 5) is 26.5. The van der Waals surface area contributed by atoms with E-state index < -0.39 is 46.0 Å². The van der Waals surface area contributed by atoms with E-state index in [1.807, 2.05) is 5.32 Å².